The molecule has 0 aromatic carbocycles. The second-order valence-corrected chi connectivity index (χ2v) is 8.05. The van der Waals surface area contributed by atoms with Crippen molar-refractivity contribution in [2.45, 2.75) is 38.8 Å². The van der Waals surface area contributed by atoms with Crippen LogP contribution in [0, 0.1) is 5.92 Å². The molecule has 1 rings (SSSR count). The first-order valence-electron chi connectivity index (χ1n) is 7.02. The van der Waals surface area contributed by atoms with Crippen LogP contribution in [-0.2, 0) is 19.4 Å². The number of ether oxygens (including phenoxy) is 1. The second kappa shape index (κ2) is 7.38. The van der Waals surface area contributed by atoms with Crippen LogP contribution < -0.4 is 5.73 Å². The van der Waals surface area contributed by atoms with Gasteiger partial charge < -0.3 is 15.4 Å². The molecule has 0 radical (unpaired) electrons. The molecule has 118 valence electrons. The topological polar surface area (TPSA) is 89.7 Å². The molecular weight excluding hydrogens is 280 g/mol. The molecule has 6 nitrogen and oxygen atoms in total. The van der Waals surface area contributed by atoms with E-state index in [1.54, 1.807) is 12.0 Å². The molecule has 0 aromatic rings. The largest absolute Gasteiger partial charge is 0.383 e. The molecule has 1 amide bonds. The maximum atomic E-state index is 12.4. The van der Waals surface area contributed by atoms with Gasteiger partial charge in [0.15, 0.2) is 9.84 Å². The maximum Gasteiger partial charge on any atom is 0.239 e. The fraction of sp³-hybridized carbons (Fsp3) is 0.923. The van der Waals surface area contributed by atoms with Crippen molar-refractivity contribution in [2.75, 3.05) is 31.8 Å². The number of nitrogens with two attached hydrogens (primary N) is 1. The molecule has 0 aliphatic carbocycles. The average Bonchev–Trinajstić information content (AvgIpc) is 2.69. The minimum atomic E-state index is -3.02. The smallest absolute Gasteiger partial charge is 0.239 e. The standard InChI is InChI=1S/C13H26N2O4S/c1-10(2)8-12(14)13(16)15(5-6-19-3)11-4-7-20(17,18)9-11/h10-12H,4-9,14H2,1-3H3. The Bertz CT molecular complexity index is 422. The fourth-order valence-corrected chi connectivity index (χ4v) is 4.24. The number of carbonyl (C=O) groups excluding carboxylic acids is 1. The summed E-state index contributed by atoms with van der Waals surface area (Å²) in [7, 11) is -1.47. The number of amides is 1. The molecule has 1 heterocycles. The normalized spacial score (nSPS) is 22.9. The summed E-state index contributed by atoms with van der Waals surface area (Å²) in [5, 5.41) is 0. The predicted molar refractivity (Wildman–Crippen MR) is 78.1 cm³/mol. The van der Waals surface area contributed by atoms with Gasteiger partial charge in [-0.1, -0.05) is 13.8 Å². The maximum absolute atomic E-state index is 12.4. The van der Waals surface area contributed by atoms with Gasteiger partial charge in [-0.15, -0.1) is 0 Å². The van der Waals surface area contributed by atoms with E-state index >= 15 is 0 Å². The number of sulfone groups is 1. The van der Waals surface area contributed by atoms with Crippen LogP contribution in [0.4, 0.5) is 0 Å². The van der Waals surface area contributed by atoms with E-state index in [0.29, 0.717) is 31.9 Å². The van der Waals surface area contributed by atoms with Crippen molar-refractivity contribution in [2.24, 2.45) is 11.7 Å². The number of rotatable bonds is 7. The van der Waals surface area contributed by atoms with Gasteiger partial charge >= 0.3 is 0 Å². The van der Waals surface area contributed by atoms with Crippen molar-refractivity contribution >= 4 is 15.7 Å². The Morgan fingerprint density at radius 2 is 2.10 bits per heavy atom. The lowest BCUT2D eigenvalue weighted by atomic mass is 10.0. The first-order valence-corrected chi connectivity index (χ1v) is 8.84. The highest BCUT2D eigenvalue weighted by Gasteiger charge is 2.36. The average molecular weight is 306 g/mol. The Morgan fingerprint density at radius 1 is 1.45 bits per heavy atom. The number of methoxy groups -OCH3 is 1. The van der Waals surface area contributed by atoms with E-state index in [-0.39, 0.29) is 23.5 Å². The summed E-state index contributed by atoms with van der Waals surface area (Å²) < 4.78 is 28.2. The van der Waals surface area contributed by atoms with E-state index in [4.69, 9.17) is 10.5 Å². The third kappa shape index (κ3) is 5.03. The highest BCUT2D eigenvalue weighted by molar-refractivity contribution is 7.91. The van der Waals surface area contributed by atoms with Crippen LogP contribution in [0.1, 0.15) is 26.7 Å². The fourth-order valence-electron chi connectivity index (χ4n) is 2.51. The molecule has 0 bridgehead atoms. The van der Waals surface area contributed by atoms with Crippen LogP contribution in [0.2, 0.25) is 0 Å². The lowest BCUT2D eigenvalue weighted by molar-refractivity contribution is -0.135. The first-order chi connectivity index (χ1) is 9.26. The molecule has 1 aliphatic rings. The van der Waals surface area contributed by atoms with Crippen molar-refractivity contribution in [3.63, 3.8) is 0 Å². The summed E-state index contributed by atoms with van der Waals surface area (Å²) in [5.41, 5.74) is 5.94. The zero-order valence-electron chi connectivity index (χ0n) is 12.5. The molecule has 0 aromatic heterocycles. The second-order valence-electron chi connectivity index (χ2n) is 5.82. The Labute approximate surface area is 121 Å². The van der Waals surface area contributed by atoms with Gasteiger partial charge in [0, 0.05) is 19.7 Å². The quantitative estimate of drug-likeness (QED) is 0.716. The molecule has 2 unspecified atom stereocenters. The Balaban J connectivity index is 2.75. The zero-order chi connectivity index (χ0) is 15.3. The lowest BCUT2D eigenvalue weighted by Gasteiger charge is -2.31. The molecule has 7 heteroatoms. The van der Waals surface area contributed by atoms with Crippen molar-refractivity contribution in [3.05, 3.63) is 0 Å². The Hall–Kier alpha value is -0.660. The molecule has 1 saturated heterocycles. The molecule has 1 fully saturated rings. The predicted octanol–water partition coefficient (Wildman–Crippen LogP) is 0.0219. The summed E-state index contributed by atoms with van der Waals surface area (Å²) in [6, 6.07) is -0.837. The first kappa shape index (κ1) is 17.4. The third-order valence-electron chi connectivity index (χ3n) is 3.51. The molecule has 1 aliphatic heterocycles. The van der Waals surface area contributed by atoms with Gasteiger partial charge in [-0.3, -0.25) is 4.79 Å². The summed E-state index contributed by atoms with van der Waals surface area (Å²) in [5.74, 6) is 0.341. The summed E-state index contributed by atoms with van der Waals surface area (Å²) in [6.45, 7) is 4.79. The van der Waals surface area contributed by atoms with Crippen LogP contribution in [0.5, 0.6) is 0 Å². The SMILES string of the molecule is COCCN(C(=O)C(N)CC(C)C)C1CCS(=O)(=O)C1. The van der Waals surface area contributed by atoms with Gasteiger partial charge in [-0.25, -0.2) is 8.42 Å². The number of nitrogens with zero attached hydrogens (tertiary/aromatic N) is 1. The molecule has 2 N–H and O–H groups in total. The monoisotopic (exact) mass is 306 g/mol. The van der Waals surface area contributed by atoms with E-state index in [0.717, 1.165) is 0 Å². The molecule has 0 saturated carbocycles. The minimum absolute atomic E-state index is 0.0385. The van der Waals surface area contributed by atoms with Crippen molar-refractivity contribution in [1.29, 1.82) is 0 Å². The third-order valence-corrected chi connectivity index (χ3v) is 5.26. The van der Waals surface area contributed by atoms with Gasteiger partial charge in [0.1, 0.15) is 0 Å². The van der Waals surface area contributed by atoms with Crippen molar-refractivity contribution in [1.82, 2.24) is 4.90 Å². The summed E-state index contributed by atoms with van der Waals surface area (Å²) >= 11 is 0. The lowest BCUT2D eigenvalue weighted by Crippen LogP contribution is -2.50. The van der Waals surface area contributed by atoms with E-state index < -0.39 is 15.9 Å². The van der Waals surface area contributed by atoms with Crippen molar-refractivity contribution < 1.29 is 17.9 Å². The van der Waals surface area contributed by atoms with Crippen LogP contribution in [0.15, 0.2) is 0 Å². The number of hydrogen-bond donors (Lipinski definition) is 1. The van der Waals surface area contributed by atoms with Crippen LogP contribution in [-0.4, -0.2) is 63.1 Å². The van der Waals surface area contributed by atoms with Gasteiger partial charge in [0.05, 0.1) is 24.2 Å². The highest BCUT2D eigenvalue weighted by Crippen LogP contribution is 2.19. The van der Waals surface area contributed by atoms with E-state index in [2.05, 4.69) is 0 Å². The molecule has 2 atom stereocenters. The highest BCUT2D eigenvalue weighted by atomic mass is 32.2. The van der Waals surface area contributed by atoms with Crippen LogP contribution in [0.25, 0.3) is 0 Å². The molecule has 0 spiro atoms. The van der Waals surface area contributed by atoms with E-state index in [1.165, 1.54) is 0 Å². The zero-order valence-corrected chi connectivity index (χ0v) is 13.4. The number of carbonyl (C=O) groups is 1. The summed E-state index contributed by atoms with van der Waals surface area (Å²) in [6.07, 6.45) is 1.09. The molecule has 20 heavy (non-hydrogen) atoms. The van der Waals surface area contributed by atoms with Gasteiger partial charge in [-0.2, -0.15) is 0 Å². The Kier molecular flexibility index (Phi) is 6.42. The number of hydrogen-bond acceptors (Lipinski definition) is 5. The van der Waals surface area contributed by atoms with Crippen LogP contribution in [0.3, 0.4) is 0 Å². The van der Waals surface area contributed by atoms with Gasteiger partial charge in [0.25, 0.3) is 0 Å². The summed E-state index contributed by atoms with van der Waals surface area (Å²) in [4.78, 5) is 14.0. The van der Waals surface area contributed by atoms with Gasteiger partial charge in [0.2, 0.25) is 5.91 Å². The van der Waals surface area contributed by atoms with Crippen molar-refractivity contribution in [3.8, 4) is 0 Å². The minimum Gasteiger partial charge on any atom is -0.383 e. The molecular formula is C13H26N2O4S. The van der Waals surface area contributed by atoms with E-state index in [9.17, 15) is 13.2 Å². The Morgan fingerprint density at radius 3 is 2.55 bits per heavy atom. The van der Waals surface area contributed by atoms with E-state index in [1.807, 2.05) is 13.8 Å². The van der Waals surface area contributed by atoms with Crippen LogP contribution >= 0.6 is 0 Å². The van der Waals surface area contributed by atoms with Gasteiger partial charge in [-0.05, 0) is 18.8 Å².